The van der Waals surface area contributed by atoms with E-state index in [1.165, 1.54) is 25.7 Å². The smallest absolute Gasteiger partial charge is 0.201 e. The minimum absolute atomic E-state index is 0.311. The molecule has 106 valence electrons. The van der Waals surface area contributed by atoms with E-state index in [9.17, 15) is 0 Å². The van der Waals surface area contributed by atoms with E-state index < -0.39 is 0 Å². The Bertz CT molecular complexity index is 621. The number of nitriles is 1. The van der Waals surface area contributed by atoms with Crippen molar-refractivity contribution in [2.75, 3.05) is 5.73 Å². The summed E-state index contributed by atoms with van der Waals surface area (Å²) in [4.78, 5) is 4.39. The van der Waals surface area contributed by atoms with Crippen molar-refractivity contribution in [1.29, 1.82) is 5.26 Å². The second kappa shape index (κ2) is 6.42. The lowest BCUT2D eigenvalue weighted by atomic mass is 10.1. The molecular formula is C16H22N4. The summed E-state index contributed by atoms with van der Waals surface area (Å²) in [5, 5.41) is 9.02. The molecule has 0 saturated heterocycles. The standard InChI is InChI=1S/C16H22N4/c1-3-4-5-6-7-12(2)20-15-10-13(11-17)8-9-14(15)19-16(20)18/h8-10,12H,3-7H2,1-2H3,(H2,18,19). The number of aromatic nitrogens is 2. The van der Waals surface area contributed by atoms with Crippen LogP contribution in [0, 0.1) is 11.3 Å². The van der Waals surface area contributed by atoms with Gasteiger partial charge in [-0.05, 0) is 31.5 Å². The second-order valence-corrected chi connectivity index (χ2v) is 5.35. The number of rotatable bonds is 6. The maximum atomic E-state index is 9.02. The number of unbranched alkanes of at least 4 members (excludes halogenated alkanes) is 3. The van der Waals surface area contributed by atoms with E-state index in [0.29, 0.717) is 17.6 Å². The summed E-state index contributed by atoms with van der Waals surface area (Å²) < 4.78 is 2.06. The van der Waals surface area contributed by atoms with Crippen molar-refractivity contribution in [2.24, 2.45) is 0 Å². The van der Waals surface area contributed by atoms with Crippen molar-refractivity contribution >= 4 is 17.0 Å². The molecule has 0 aliphatic carbocycles. The molecule has 1 atom stereocenters. The van der Waals surface area contributed by atoms with Crippen molar-refractivity contribution in [3.05, 3.63) is 23.8 Å². The molecule has 1 unspecified atom stereocenters. The number of hydrogen-bond acceptors (Lipinski definition) is 3. The van der Waals surface area contributed by atoms with Crippen LogP contribution in [0.3, 0.4) is 0 Å². The van der Waals surface area contributed by atoms with E-state index in [2.05, 4.69) is 29.5 Å². The fourth-order valence-electron chi connectivity index (χ4n) is 2.64. The first kappa shape index (κ1) is 14.4. The summed E-state index contributed by atoms with van der Waals surface area (Å²) in [6, 6.07) is 8.01. The lowest BCUT2D eigenvalue weighted by Gasteiger charge is -2.16. The maximum Gasteiger partial charge on any atom is 0.201 e. The number of nitrogens with zero attached hydrogens (tertiary/aromatic N) is 3. The molecule has 0 spiro atoms. The highest BCUT2D eigenvalue weighted by Gasteiger charge is 2.14. The molecule has 0 radical (unpaired) electrons. The molecule has 0 aliphatic heterocycles. The van der Waals surface area contributed by atoms with Gasteiger partial charge in [-0.1, -0.05) is 32.6 Å². The number of nitrogen functional groups attached to an aromatic ring is 1. The topological polar surface area (TPSA) is 67.6 Å². The van der Waals surface area contributed by atoms with E-state index in [0.717, 1.165) is 17.5 Å². The van der Waals surface area contributed by atoms with Gasteiger partial charge in [0.15, 0.2) is 0 Å². The summed E-state index contributed by atoms with van der Waals surface area (Å²) in [6.07, 6.45) is 6.08. The van der Waals surface area contributed by atoms with Crippen LogP contribution in [0.2, 0.25) is 0 Å². The van der Waals surface area contributed by atoms with Gasteiger partial charge in [0.2, 0.25) is 5.95 Å². The van der Waals surface area contributed by atoms with Crippen molar-refractivity contribution < 1.29 is 0 Å². The molecule has 20 heavy (non-hydrogen) atoms. The summed E-state index contributed by atoms with van der Waals surface area (Å²) >= 11 is 0. The SMILES string of the molecule is CCCCCCC(C)n1c(N)nc2ccc(C#N)cc21. The minimum Gasteiger partial charge on any atom is -0.369 e. The Morgan fingerprint density at radius 1 is 1.35 bits per heavy atom. The van der Waals surface area contributed by atoms with Gasteiger partial charge in [0.25, 0.3) is 0 Å². The Labute approximate surface area is 120 Å². The molecule has 2 aromatic rings. The first-order chi connectivity index (χ1) is 9.67. The van der Waals surface area contributed by atoms with Crippen LogP contribution in [-0.2, 0) is 0 Å². The van der Waals surface area contributed by atoms with E-state index >= 15 is 0 Å². The maximum absolute atomic E-state index is 9.02. The quantitative estimate of drug-likeness (QED) is 0.806. The normalized spacial score (nSPS) is 12.4. The lowest BCUT2D eigenvalue weighted by molar-refractivity contribution is 0.486. The Kier molecular flexibility index (Phi) is 4.62. The highest BCUT2D eigenvalue weighted by molar-refractivity contribution is 5.80. The van der Waals surface area contributed by atoms with E-state index in [4.69, 9.17) is 11.0 Å². The summed E-state index contributed by atoms with van der Waals surface area (Å²) in [7, 11) is 0. The van der Waals surface area contributed by atoms with Gasteiger partial charge in [0.05, 0.1) is 22.7 Å². The van der Waals surface area contributed by atoms with Gasteiger partial charge in [-0.2, -0.15) is 5.26 Å². The van der Waals surface area contributed by atoms with Crippen LogP contribution in [0.25, 0.3) is 11.0 Å². The molecule has 4 nitrogen and oxygen atoms in total. The number of benzene rings is 1. The molecular weight excluding hydrogens is 248 g/mol. The molecule has 0 aliphatic rings. The molecule has 2 rings (SSSR count). The zero-order chi connectivity index (χ0) is 14.5. The molecule has 0 fully saturated rings. The Hall–Kier alpha value is -2.02. The van der Waals surface area contributed by atoms with Gasteiger partial charge in [0.1, 0.15) is 0 Å². The minimum atomic E-state index is 0.311. The molecule has 1 heterocycles. The first-order valence-electron chi connectivity index (χ1n) is 7.35. The van der Waals surface area contributed by atoms with Gasteiger partial charge < -0.3 is 10.3 Å². The summed E-state index contributed by atoms with van der Waals surface area (Å²) in [5.74, 6) is 0.540. The fourth-order valence-corrected chi connectivity index (χ4v) is 2.64. The van der Waals surface area contributed by atoms with Crippen molar-refractivity contribution in [3.8, 4) is 6.07 Å². The number of fused-ring (bicyclic) bond motifs is 1. The summed E-state index contributed by atoms with van der Waals surface area (Å²) in [6.45, 7) is 4.39. The Balaban J connectivity index is 2.23. The first-order valence-corrected chi connectivity index (χ1v) is 7.35. The van der Waals surface area contributed by atoms with E-state index in [1.54, 1.807) is 6.07 Å². The largest absolute Gasteiger partial charge is 0.369 e. The highest BCUT2D eigenvalue weighted by Crippen LogP contribution is 2.26. The van der Waals surface area contributed by atoms with Gasteiger partial charge in [-0.15, -0.1) is 0 Å². The Morgan fingerprint density at radius 2 is 2.15 bits per heavy atom. The third-order valence-electron chi connectivity index (χ3n) is 3.76. The van der Waals surface area contributed by atoms with Gasteiger partial charge in [-0.25, -0.2) is 4.98 Å². The summed E-state index contributed by atoms with van der Waals surface area (Å²) in [5.41, 5.74) is 8.52. The predicted octanol–water partition coefficient (Wildman–Crippen LogP) is 4.02. The average molecular weight is 270 g/mol. The van der Waals surface area contributed by atoms with Crippen molar-refractivity contribution in [2.45, 2.75) is 52.0 Å². The monoisotopic (exact) mass is 270 g/mol. The molecule has 2 N–H and O–H groups in total. The van der Waals surface area contributed by atoms with Crippen LogP contribution in [0.4, 0.5) is 5.95 Å². The molecule has 0 amide bonds. The van der Waals surface area contributed by atoms with Crippen molar-refractivity contribution in [3.63, 3.8) is 0 Å². The number of anilines is 1. The third kappa shape index (κ3) is 2.93. The molecule has 0 saturated carbocycles. The van der Waals surface area contributed by atoms with Crippen LogP contribution in [0.1, 0.15) is 57.6 Å². The van der Waals surface area contributed by atoms with Gasteiger partial charge in [0, 0.05) is 6.04 Å². The fraction of sp³-hybridized carbons (Fsp3) is 0.500. The van der Waals surface area contributed by atoms with Gasteiger partial charge >= 0.3 is 0 Å². The number of nitrogens with two attached hydrogens (primary N) is 1. The zero-order valence-corrected chi connectivity index (χ0v) is 12.3. The van der Waals surface area contributed by atoms with E-state index in [-0.39, 0.29) is 0 Å². The number of imidazole rings is 1. The third-order valence-corrected chi connectivity index (χ3v) is 3.76. The van der Waals surface area contributed by atoms with Crippen LogP contribution in [0.5, 0.6) is 0 Å². The van der Waals surface area contributed by atoms with Crippen LogP contribution < -0.4 is 5.73 Å². The Morgan fingerprint density at radius 3 is 2.85 bits per heavy atom. The molecule has 1 aromatic heterocycles. The van der Waals surface area contributed by atoms with Crippen molar-refractivity contribution in [1.82, 2.24) is 9.55 Å². The molecule has 0 bridgehead atoms. The highest BCUT2D eigenvalue weighted by atomic mass is 15.2. The van der Waals surface area contributed by atoms with Gasteiger partial charge in [-0.3, -0.25) is 0 Å². The molecule has 1 aromatic carbocycles. The predicted molar refractivity (Wildman–Crippen MR) is 82.3 cm³/mol. The molecule has 4 heteroatoms. The average Bonchev–Trinajstić information content (AvgIpc) is 2.78. The lowest BCUT2D eigenvalue weighted by Crippen LogP contribution is -2.09. The van der Waals surface area contributed by atoms with Crippen LogP contribution in [-0.4, -0.2) is 9.55 Å². The zero-order valence-electron chi connectivity index (χ0n) is 12.3. The number of hydrogen-bond donors (Lipinski definition) is 1. The second-order valence-electron chi connectivity index (χ2n) is 5.35. The van der Waals surface area contributed by atoms with E-state index in [1.807, 2.05) is 12.1 Å². The van der Waals surface area contributed by atoms with Crippen LogP contribution >= 0.6 is 0 Å². The van der Waals surface area contributed by atoms with Crippen LogP contribution in [0.15, 0.2) is 18.2 Å².